The van der Waals surface area contributed by atoms with Crippen molar-refractivity contribution >= 4 is 10.0 Å². The third-order valence-electron chi connectivity index (χ3n) is 3.52. The second-order valence-electron chi connectivity index (χ2n) is 4.85. The molecule has 0 amide bonds. The Morgan fingerprint density at radius 2 is 2.11 bits per heavy atom. The number of nitrogens with zero attached hydrogens (tertiary/aromatic N) is 1. The van der Waals surface area contributed by atoms with Crippen molar-refractivity contribution in [3.8, 4) is 0 Å². The largest absolute Gasteiger partial charge is 0.329 e. The number of rotatable bonds is 5. The van der Waals surface area contributed by atoms with Gasteiger partial charge < -0.3 is 5.73 Å². The fourth-order valence-electron chi connectivity index (χ4n) is 2.50. The van der Waals surface area contributed by atoms with Crippen LogP contribution in [-0.2, 0) is 10.0 Å². The van der Waals surface area contributed by atoms with Crippen LogP contribution >= 0.6 is 0 Å². The van der Waals surface area contributed by atoms with Gasteiger partial charge in [0, 0.05) is 18.8 Å². The van der Waals surface area contributed by atoms with E-state index in [4.69, 9.17) is 5.73 Å². The second kappa shape index (κ2) is 5.94. The van der Waals surface area contributed by atoms with Gasteiger partial charge in [0.15, 0.2) is 0 Å². The van der Waals surface area contributed by atoms with Crippen LogP contribution < -0.4 is 10.5 Å². The second-order valence-corrected chi connectivity index (χ2v) is 6.56. The maximum atomic E-state index is 13.0. The minimum atomic E-state index is -3.76. The zero-order chi connectivity index (χ0) is 13.9. The molecule has 0 aliphatic heterocycles. The molecule has 1 aromatic rings. The minimum Gasteiger partial charge on any atom is -0.329 e. The number of halogens is 1. The van der Waals surface area contributed by atoms with Crippen LogP contribution in [0.1, 0.15) is 25.7 Å². The summed E-state index contributed by atoms with van der Waals surface area (Å²) in [5.41, 5.74) is 5.65. The van der Waals surface area contributed by atoms with Crippen molar-refractivity contribution in [3.63, 3.8) is 0 Å². The lowest BCUT2D eigenvalue weighted by atomic mass is 9.99. The van der Waals surface area contributed by atoms with Crippen molar-refractivity contribution in [1.82, 2.24) is 9.71 Å². The Hall–Kier alpha value is -1.05. The Labute approximate surface area is 112 Å². The molecule has 0 radical (unpaired) electrons. The highest BCUT2D eigenvalue weighted by Crippen LogP contribution is 2.28. The van der Waals surface area contributed by atoms with Crippen molar-refractivity contribution in [3.05, 3.63) is 24.3 Å². The van der Waals surface area contributed by atoms with E-state index in [-0.39, 0.29) is 23.4 Å². The molecule has 0 bridgehead atoms. The smallest absolute Gasteiger partial charge is 0.242 e. The normalized spacial score (nSPS) is 18.6. The van der Waals surface area contributed by atoms with Gasteiger partial charge in [-0.15, -0.1) is 0 Å². The summed E-state index contributed by atoms with van der Waals surface area (Å²) in [6.07, 6.45) is 6.26. The van der Waals surface area contributed by atoms with Gasteiger partial charge in [0.1, 0.15) is 10.7 Å². The van der Waals surface area contributed by atoms with Crippen molar-refractivity contribution in [1.29, 1.82) is 0 Å². The number of aromatic nitrogens is 1. The Balaban J connectivity index is 2.15. The van der Waals surface area contributed by atoms with E-state index >= 15 is 0 Å². The summed E-state index contributed by atoms with van der Waals surface area (Å²) in [5, 5.41) is 0. The van der Waals surface area contributed by atoms with Gasteiger partial charge >= 0.3 is 0 Å². The van der Waals surface area contributed by atoms with Gasteiger partial charge in [-0.25, -0.2) is 17.5 Å². The van der Waals surface area contributed by atoms with Crippen LogP contribution in [0.2, 0.25) is 0 Å². The maximum absolute atomic E-state index is 13.0. The molecule has 1 heterocycles. The average molecular weight is 287 g/mol. The zero-order valence-corrected chi connectivity index (χ0v) is 11.4. The van der Waals surface area contributed by atoms with Gasteiger partial charge in [-0.2, -0.15) is 0 Å². The maximum Gasteiger partial charge on any atom is 0.242 e. The van der Waals surface area contributed by atoms with Gasteiger partial charge in [-0.3, -0.25) is 4.98 Å². The summed E-state index contributed by atoms with van der Waals surface area (Å²) in [6, 6.07) is 0.660. The molecule has 1 aliphatic rings. The van der Waals surface area contributed by atoms with Crippen LogP contribution in [0.25, 0.3) is 0 Å². The quantitative estimate of drug-likeness (QED) is 0.846. The Kier molecular flexibility index (Phi) is 4.49. The van der Waals surface area contributed by atoms with Gasteiger partial charge in [-0.1, -0.05) is 12.8 Å². The predicted molar refractivity (Wildman–Crippen MR) is 69.3 cm³/mol. The molecule has 3 N–H and O–H groups in total. The van der Waals surface area contributed by atoms with Crippen molar-refractivity contribution in [2.75, 3.05) is 6.54 Å². The van der Waals surface area contributed by atoms with Crippen molar-refractivity contribution in [2.24, 2.45) is 11.7 Å². The summed E-state index contributed by atoms with van der Waals surface area (Å²) in [6.45, 7) is 0.243. The van der Waals surface area contributed by atoms with E-state index in [9.17, 15) is 12.8 Å². The van der Waals surface area contributed by atoms with Gasteiger partial charge in [0.25, 0.3) is 0 Å². The topological polar surface area (TPSA) is 85.1 Å². The number of nitrogens with one attached hydrogen (secondary N) is 1. The highest BCUT2D eigenvalue weighted by atomic mass is 32.2. The molecule has 1 aliphatic carbocycles. The lowest BCUT2D eigenvalue weighted by Gasteiger charge is -2.22. The van der Waals surface area contributed by atoms with E-state index in [1.165, 1.54) is 0 Å². The van der Waals surface area contributed by atoms with Crippen LogP contribution in [0.4, 0.5) is 4.39 Å². The van der Waals surface area contributed by atoms with Gasteiger partial charge in [-0.05, 0) is 24.8 Å². The highest BCUT2D eigenvalue weighted by molar-refractivity contribution is 7.89. The van der Waals surface area contributed by atoms with Gasteiger partial charge in [0.05, 0.1) is 6.20 Å². The highest BCUT2D eigenvalue weighted by Gasteiger charge is 2.28. The molecule has 7 heteroatoms. The fraction of sp³-hybridized carbons (Fsp3) is 0.583. The number of hydrogen-bond donors (Lipinski definition) is 2. The summed E-state index contributed by atoms with van der Waals surface area (Å²) in [4.78, 5) is 3.39. The van der Waals surface area contributed by atoms with Crippen LogP contribution in [0.15, 0.2) is 23.4 Å². The number of pyridine rings is 1. The molecule has 0 saturated heterocycles. The monoisotopic (exact) mass is 287 g/mol. The van der Waals surface area contributed by atoms with E-state index in [2.05, 4.69) is 9.71 Å². The summed E-state index contributed by atoms with van der Waals surface area (Å²) < 4.78 is 39.9. The predicted octanol–water partition coefficient (Wildman–Crippen LogP) is 1.02. The van der Waals surface area contributed by atoms with E-state index in [1.807, 2.05) is 0 Å². The molecule has 1 atom stereocenters. The molecule has 2 rings (SSSR count). The molecule has 1 fully saturated rings. The first-order valence-electron chi connectivity index (χ1n) is 6.36. The third kappa shape index (κ3) is 3.49. The van der Waals surface area contributed by atoms with Crippen LogP contribution in [0.3, 0.4) is 0 Å². The average Bonchev–Trinajstić information content (AvgIpc) is 2.90. The molecule has 0 aromatic carbocycles. The summed E-state index contributed by atoms with van der Waals surface area (Å²) in [7, 11) is -3.76. The molecule has 5 nitrogen and oxygen atoms in total. The van der Waals surface area contributed by atoms with Crippen molar-refractivity contribution < 1.29 is 12.8 Å². The van der Waals surface area contributed by atoms with Crippen molar-refractivity contribution in [2.45, 2.75) is 36.6 Å². The lowest BCUT2D eigenvalue weighted by Crippen LogP contribution is -2.44. The van der Waals surface area contributed by atoms with Crippen LogP contribution in [0.5, 0.6) is 0 Å². The minimum absolute atomic E-state index is 0.163. The number of nitrogens with two attached hydrogens (primary N) is 1. The van der Waals surface area contributed by atoms with E-state index < -0.39 is 15.8 Å². The van der Waals surface area contributed by atoms with E-state index in [1.54, 1.807) is 0 Å². The molecule has 1 unspecified atom stereocenters. The summed E-state index contributed by atoms with van der Waals surface area (Å²) >= 11 is 0. The first-order chi connectivity index (χ1) is 9.03. The number of hydrogen-bond acceptors (Lipinski definition) is 4. The first kappa shape index (κ1) is 14.4. The molecular formula is C12H18FN3O2S. The fourth-order valence-corrected chi connectivity index (χ4v) is 3.79. The van der Waals surface area contributed by atoms with E-state index in [0.29, 0.717) is 0 Å². The molecule has 0 spiro atoms. The van der Waals surface area contributed by atoms with Crippen LogP contribution in [-0.4, -0.2) is 26.0 Å². The number of sulfonamides is 1. The summed E-state index contributed by atoms with van der Waals surface area (Å²) in [5.74, 6) is -0.408. The van der Waals surface area contributed by atoms with Gasteiger partial charge in [0.2, 0.25) is 10.0 Å². The molecule has 1 aromatic heterocycles. The molecule has 19 heavy (non-hydrogen) atoms. The standard InChI is InChI=1S/C12H18FN3O2S/c13-10-5-11(8-15-7-10)19(17,18)16-12(6-14)9-3-1-2-4-9/h5,7-9,12,16H,1-4,6,14H2. The Morgan fingerprint density at radius 1 is 1.42 bits per heavy atom. The Morgan fingerprint density at radius 3 is 2.68 bits per heavy atom. The third-order valence-corrected chi connectivity index (χ3v) is 4.98. The molecular weight excluding hydrogens is 269 g/mol. The molecule has 1 saturated carbocycles. The van der Waals surface area contributed by atoms with Crippen LogP contribution in [0, 0.1) is 11.7 Å². The first-order valence-corrected chi connectivity index (χ1v) is 7.84. The lowest BCUT2D eigenvalue weighted by molar-refractivity contribution is 0.405. The zero-order valence-electron chi connectivity index (χ0n) is 10.5. The SMILES string of the molecule is NCC(NS(=O)(=O)c1cncc(F)c1)C1CCCC1. The molecule has 106 valence electrons. The van der Waals surface area contributed by atoms with E-state index in [0.717, 1.165) is 44.1 Å². The Bertz CT molecular complexity index is 530.